The van der Waals surface area contributed by atoms with Crippen molar-refractivity contribution in [3.8, 4) is 0 Å². The van der Waals surface area contributed by atoms with E-state index < -0.39 is 0 Å². The van der Waals surface area contributed by atoms with Gasteiger partial charge in [0.1, 0.15) is 5.76 Å². The Kier molecular flexibility index (Phi) is 5.30. The number of likely N-dealkylation sites (N-methyl/N-ethyl adjacent to an activating group) is 1. The van der Waals surface area contributed by atoms with Crippen molar-refractivity contribution in [2.24, 2.45) is 11.7 Å². The lowest BCUT2D eigenvalue weighted by Crippen LogP contribution is -2.33. The van der Waals surface area contributed by atoms with Gasteiger partial charge in [-0.3, -0.25) is 4.90 Å². The zero-order valence-corrected chi connectivity index (χ0v) is 13.8. The highest BCUT2D eigenvalue weighted by Crippen LogP contribution is 2.33. The molecule has 0 radical (unpaired) electrons. The second kappa shape index (κ2) is 6.55. The lowest BCUT2D eigenvalue weighted by molar-refractivity contribution is 0.189. The Morgan fingerprint density at radius 2 is 2.11 bits per heavy atom. The van der Waals surface area contributed by atoms with Crippen LogP contribution >= 0.6 is 31.9 Å². The molecule has 2 N–H and O–H groups in total. The van der Waals surface area contributed by atoms with Crippen molar-refractivity contribution in [2.45, 2.75) is 31.7 Å². The standard InChI is InChI=1S/C13H20Br2N2O/c1-17(8-9-4-2-3-5-9)11(7-16)12-6-10(14)13(15)18-12/h6,9,11H,2-5,7-8,16H2,1H3. The molecule has 1 aromatic rings. The minimum Gasteiger partial charge on any atom is -0.451 e. The van der Waals surface area contributed by atoms with Gasteiger partial charge in [-0.1, -0.05) is 12.8 Å². The SMILES string of the molecule is CN(CC1CCCC1)C(CN)c1cc(Br)c(Br)o1. The molecule has 1 atom stereocenters. The molecule has 5 heteroatoms. The van der Waals surface area contributed by atoms with E-state index in [0.717, 1.165) is 27.4 Å². The Hall–Kier alpha value is 0.160. The number of furan rings is 1. The summed E-state index contributed by atoms with van der Waals surface area (Å²) < 4.78 is 7.39. The fourth-order valence-electron chi connectivity index (χ4n) is 2.77. The monoisotopic (exact) mass is 378 g/mol. The number of nitrogens with two attached hydrogens (primary N) is 1. The van der Waals surface area contributed by atoms with Crippen LogP contribution in [0.25, 0.3) is 0 Å². The first-order valence-electron chi connectivity index (χ1n) is 6.47. The molecule has 0 bridgehead atoms. The molecular weight excluding hydrogens is 360 g/mol. The predicted molar refractivity (Wildman–Crippen MR) is 80.5 cm³/mol. The van der Waals surface area contributed by atoms with Crippen molar-refractivity contribution in [3.63, 3.8) is 0 Å². The van der Waals surface area contributed by atoms with Crippen LogP contribution in [0.1, 0.15) is 37.5 Å². The second-order valence-corrected chi connectivity index (χ2v) is 6.69. The van der Waals surface area contributed by atoms with Gasteiger partial charge in [-0.25, -0.2) is 0 Å². The van der Waals surface area contributed by atoms with Crippen molar-refractivity contribution < 1.29 is 4.42 Å². The minimum absolute atomic E-state index is 0.160. The van der Waals surface area contributed by atoms with Crippen LogP contribution in [0.2, 0.25) is 0 Å². The molecule has 0 amide bonds. The molecule has 1 fully saturated rings. The fourth-order valence-corrected chi connectivity index (χ4v) is 3.38. The van der Waals surface area contributed by atoms with Crippen molar-refractivity contribution in [2.75, 3.05) is 20.1 Å². The molecule has 1 aliphatic rings. The van der Waals surface area contributed by atoms with Crippen LogP contribution in [0, 0.1) is 5.92 Å². The topological polar surface area (TPSA) is 42.4 Å². The van der Waals surface area contributed by atoms with E-state index in [4.69, 9.17) is 10.2 Å². The fraction of sp³-hybridized carbons (Fsp3) is 0.692. The summed E-state index contributed by atoms with van der Waals surface area (Å²) >= 11 is 6.83. The van der Waals surface area contributed by atoms with Crippen molar-refractivity contribution in [3.05, 3.63) is 21.0 Å². The highest BCUT2D eigenvalue weighted by atomic mass is 79.9. The van der Waals surface area contributed by atoms with Gasteiger partial charge in [0.2, 0.25) is 0 Å². The number of hydrogen-bond donors (Lipinski definition) is 1. The first-order chi connectivity index (χ1) is 8.61. The van der Waals surface area contributed by atoms with E-state index >= 15 is 0 Å². The Morgan fingerprint density at radius 3 is 2.61 bits per heavy atom. The van der Waals surface area contributed by atoms with Gasteiger partial charge in [0.15, 0.2) is 4.67 Å². The molecule has 3 nitrogen and oxygen atoms in total. The number of nitrogens with zero attached hydrogens (tertiary/aromatic N) is 1. The Labute approximate surface area is 125 Å². The van der Waals surface area contributed by atoms with Crippen LogP contribution in [0.15, 0.2) is 19.6 Å². The van der Waals surface area contributed by atoms with E-state index in [1.54, 1.807) is 0 Å². The Morgan fingerprint density at radius 1 is 1.44 bits per heavy atom. The summed E-state index contributed by atoms with van der Waals surface area (Å²) in [6, 6.07) is 2.17. The number of hydrogen-bond acceptors (Lipinski definition) is 3. The zero-order valence-electron chi connectivity index (χ0n) is 10.7. The molecule has 1 saturated carbocycles. The van der Waals surface area contributed by atoms with Crippen LogP contribution in [-0.4, -0.2) is 25.0 Å². The lowest BCUT2D eigenvalue weighted by atomic mass is 10.1. The maximum absolute atomic E-state index is 5.91. The molecule has 18 heavy (non-hydrogen) atoms. The van der Waals surface area contributed by atoms with Gasteiger partial charge < -0.3 is 10.2 Å². The van der Waals surface area contributed by atoms with Gasteiger partial charge in [0.25, 0.3) is 0 Å². The quantitative estimate of drug-likeness (QED) is 0.842. The van der Waals surface area contributed by atoms with Gasteiger partial charge >= 0.3 is 0 Å². The maximum Gasteiger partial charge on any atom is 0.183 e. The third-order valence-corrected chi connectivity index (χ3v) is 5.48. The largest absolute Gasteiger partial charge is 0.451 e. The third-order valence-electron chi connectivity index (χ3n) is 3.77. The average molecular weight is 380 g/mol. The van der Waals surface area contributed by atoms with Crippen molar-refractivity contribution >= 4 is 31.9 Å². The van der Waals surface area contributed by atoms with Gasteiger partial charge in [-0.05, 0) is 63.7 Å². The Balaban J connectivity index is 2.02. The van der Waals surface area contributed by atoms with Gasteiger partial charge in [0.05, 0.1) is 10.5 Å². The molecule has 1 unspecified atom stereocenters. The molecule has 0 spiro atoms. The number of halogens is 2. The molecule has 1 aliphatic carbocycles. The number of rotatable bonds is 5. The highest BCUT2D eigenvalue weighted by molar-refractivity contribution is 9.13. The molecule has 2 rings (SSSR count). The van der Waals surface area contributed by atoms with Gasteiger partial charge in [-0.15, -0.1) is 0 Å². The summed E-state index contributed by atoms with van der Waals surface area (Å²) in [5, 5.41) is 0. The van der Waals surface area contributed by atoms with Crippen LogP contribution < -0.4 is 5.73 Å². The van der Waals surface area contributed by atoms with Crippen LogP contribution in [0.3, 0.4) is 0 Å². The summed E-state index contributed by atoms with van der Waals surface area (Å²) in [4.78, 5) is 2.33. The van der Waals surface area contributed by atoms with Crippen molar-refractivity contribution in [1.82, 2.24) is 4.90 Å². The molecule has 102 valence electrons. The molecule has 0 aliphatic heterocycles. The van der Waals surface area contributed by atoms with E-state index in [2.05, 4.69) is 43.8 Å². The Bertz CT molecular complexity index is 369. The summed E-state index contributed by atoms with van der Waals surface area (Å²) in [6.45, 7) is 1.69. The van der Waals surface area contributed by atoms with Crippen molar-refractivity contribution in [1.29, 1.82) is 0 Å². The van der Waals surface area contributed by atoms with E-state index in [1.807, 2.05) is 6.07 Å². The smallest absolute Gasteiger partial charge is 0.183 e. The first kappa shape index (κ1) is 14.6. The molecule has 0 saturated heterocycles. The predicted octanol–water partition coefficient (Wildman–Crippen LogP) is 3.93. The second-order valence-electron chi connectivity index (χ2n) is 5.11. The summed E-state index contributed by atoms with van der Waals surface area (Å²) in [5.74, 6) is 1.75. The molecule has 1 aromatic heterocycles. The lowest BCUT2D eigenvalue weighted by Gasteiger charge is -2.27. The zero-order chi connectivity index (χ0) is 13.1. The summed E-state index contributed by atoms with van der Waals surface area (Å²) in [6.07, 6.45) is 5.47. The summed E-state index contributed by atoms with van der Waals surface area (Å²) in [5.41, 5.74) is 5.91. The third kappa shape index (κ3) is 3.38. The van der Waals surface area contributed by atoms with Crippen LogP contribution in [0.4, 0.5) is 0 Å². The summed E-state index contributed by atoms with van der Waals surface area (Å²) in [7, 11) is 2.14. The maximum atomic E-state index is 5.91. The average Bonchev–Trinajstić information content (AvgIpc) is 2.92. The minimum atomic E-state index is 0.160. The molecular formula is C13H20Br2N2O. The molecule has 0 aromatic carbocycles. The van der Waals surface area contributed by atoms with E-state index in [-0.39, 0.29) is 6.04 Å². The van der Waals surface area contributed by atoms with E-state index in [1.165, 1.54) is 25.7 Å². The first-order valence-corrected chi connectivity index (χ1v) is 8.05. The van der Waals surface area contributed by atoms with Crippen LogP contribution in [-0.2, 0) is 0 Å². The highest BCUT2D eigenvalue weighted by Gasteiger charge is 2.24. The van der Waals surface area contributed by atoms with E-state index in [9.17, 15) is 0 Å². The van der Waals surface area contributed by atoms with Crippen LogP contribution in [0.5, 0.6) is 0 Å². The van der Waals surface area contributed by atoms with E-state index in [0.29, 0.717) is 6.54 Å². The molecule has 1 heterocycles. The van der Waals surface area contributed by atoms with Gasteiger partial charge in [-0.2, -0.15) is 0 Å². The normalized spacial score (nSPS) is 18.7. The van der Waals surface area contributed by atoms with Gasteiger partial charge in [0, 0.05) is 13.1 Å².